The topological polar surface area (TPSA) is 40.5 Å². The molecular formula is C15H21NO2. The van der Waals surface area contributed by atoms with Crippen molar-refractivity contribution in [1.82, 2.24) is 4.90 Å². The highest BCUT2D eigenvalue weighted by atomic mass is 16.4. The van der Waals surface area contributed by atoms with E-state index in [0.29, 0.717) is 0 Å². The first kappa shape index (κ1) is 13.1. The SMILES string of the molecule is CCN(CC)C(C(=O)O)c1ccc(C2CC2)cc1. The largest absolute Gasteiger partial charge is 0.480 e. The van der Waals surface area contributed by atoms with Crippen LogP contribution in [0.25, 0.3) is 0 Å². The quantitative estimate of drug-likeness (QED) is 0.840. The Morgan fingerprint density at radius 1 is 1.28 bits per heavy atom. The lowest BCUT2D eigenvalue weighted by Crippen LogP contribution is -2.33. The second kappa shape index (κ2) is 5.53. The molecule has 98 valence electrons. The first-order chi connectivity index (χ1) is 8.67. The van der Waals surface area contributed by atoms with Crippen LogP contribution in [-0.2, 0) is 4.79 Å². The minimum absolute atomic E-state index is 0.520. The van der Waals surface area contributed by atoms with E-state index in [2.05, 4.69) is 12.1 Å². The second-order valence-electron chi connectivity index (χ2n) is 4.90. The van der Waals surface area contributed by atoms with Gasteiger partial charge in [-0.15, -0.1) is 0 Å². The van der Waals surface area contributed by atoms with Gasteiger partial charge in [0.05, 0.1) is 0 Å². The first-order valence-corrected chi connectivity index (χ1v) is 6.74. The van der Waals surface area contributed by atoms with E-state index in [0.717, 1.165) is 24.6 Å². The smallest absolute Gasteiger partial charge is 0.325 e. The van der Waals surface area contributed by atoms with Gasteiger partial charge in [0, 0.05) is 0 Å². The molecule has 0 radical (unpaired) electrons. The summed E-state index contributed by atoms with van der Waals surface area (Å²) in [5.74, 6) is -0.0475. The number of hydrogen-bond donors (Lipinski definition) is 1. The Kier molecular flexibility index (Phi) is 4.02. The molecule has 1 aromatic carbocycles. The van der Waals surface area contributed by atoms with Crippen molar-refractivity contribution in [3.05, 3.63) is 35.4 Å². The maximum atomic E-state index is 11.4. The van der Waals surface area contributed by atoms with Gasteiger partial charge in [-0.05, 0) is 43.0 Å². The highest BCUT2D eigenvalue weighted by Gasteiger charge is 2.27. The van der Waals surface area contributed by atoms with E-state index in [-0.39, 0.29) is 0 Å². The van der Waals surface area contributed by atoms with E-state index in [1.165, 1.54) is 18.4 Å². The Bertz CT molecular complexity index is 405. The Balaban J connectivity index is 2.21. The third-order valence-electron chi connectivity index (χ3n) is 3.71. The molecule has 0 bridgehead atoms. The number of nitrogens with zero attached hydrogens (tertiary/aromatic N) is 1. The van der Waals surface area contributed by atoms with Gasteiger partial charge in [-0.3, -0.25) is 9.69 Å². The standard InChI is InChI=1S/C15H21NO2/c1-3-16(4-2)14(15(17)18)13-9-7-12(8-10-13)11-5-6-11/h7-11,14H,3-6H2,1-2H3,(H,17,18). The summed E-state index contributed by atoms with van der Waals surface area (Å²) >= 11 is 0. The number of carboxylic acids is 1. The van der Waals surface area contributed by atoms with Crippen LogP contribution in [0, 0.1) is 0 Å². The zero-order valence-corrected chi connectivity index (χ0v) is 11.1. The first-order valence-electron chi connectivity index (χ1n) is 6.74. The molecule has 1 aromatic rings. The number of carbonyl (C=O) groups is 1. The van der Waals surface area contributed by atoms with Crippen LogP contribution >= 0.6 is 0 Å². The average molecular weight is 247 g/mol. The highest BCUT2D eigenvalue weighted by molar-refractivity contribution is 5.75. The van der Waals surface area contributed by atoms with Crippen molar-refractivity contribution in [2.75, 3.05) is 13.1 Å². The van der Waals surface area contributed by atoms with Gasteiger partial charge in [-0.2, -0.15) is 0 Å². The van der Waals surface area contributed by atoms with Gasteiger partial charge < -0.3 is 5.11 Å². The minimum Gasteiger partial charge on any atom is -0.480 e. The van der Waals surface area contributed by atoms with Crippen LogP contribution in [0.3, 0.4) is 0 Å². The lowest BCUT2D eigenvalue weighted by atomic mass is 10.0. The van der Waals surface area contributed by atoms with E-state index in [1.54, 1.807) is 0 Å². The summed E-state index contributed by atoms with van der Waals surface area (Å²) < 4.78 is 0. The zero-order chi connectivity index (χ0) is 13.1. The van der Waals surface area contributed by atoms with Crippen LogP contribution in [-0.4, -0.2) is 29.1 Å². The molecule has 1 atom stereocenters. The molecular weight excluding hydrogens is 226 g/mol. The van der Waals surface area contributed by atoms with E-state index in [4.69, 9.17) is 0 Å². The van der Waals surface area contributed by atoms with Crippen molar-refractivity contribution >= 4 is 5.97 Å². The van der Waals surface area contributed by atoms with Crippen LogP contribution in [0.4, 0.5) is 0 Å². The van der Waals surface area contributed by atoms with Crippen LogP contribution in [0.1, 0.15) is 49.8 Å². The summed E-state index contributed by atoms with van der Waals surface area (Å²) in [6.45, 7) is 5.49. The summed E-state index contributed by atoms with van der Waals surface area (Å²) in [5, 5.41) is 9.41. The van der Waals surface area contributed by atoms with Gasteiger partial charge in [0.15, 0.2) is 0 Å². The van der Waals surface area contributed by atoms with Crippen molar-refractivity contribution in [2.24, 2.45) is 0 Å². The molecule has 1 unspecified atom stereocenters. The molecule has 2 rings (SSSR count). The van der Waals surface area contributed by atoms with Crippen LogP contribution in [0.2, 0.25) is 0 Å². The fraction of sp³-hybridized carbons (Fsp3) is 0.533. The maximum absolute atomic E-state index is 11.4. The van der Waals surface area contributed by atoms with Crippen LogP contribution in [0.15, 0.2) is 24.3 Å². The molecule has 0 amide bonds. The van der Waals surface area contributed by atoms with E-state index < -0.39 is 12.0 Å². The number of aliphatic carboxylic acids is 1. The van der Waals surface area contributed by atoms with Gasteiger partial charge in [0.25, 0.3) is 0 Å². The third kappa shape index (κ3) is 2.72. The molecule has 1 N–H and O–H groups in total. The predicted molar refractivity (Wildman–Crippen MR) is 71.7 cm³/mol. The van der Waals surface area contributed by atoms with Crippen molar-refractivity contribution in [2.45, 2.75) is 38.6 Å². The molecule has 0 aliphatic heterocycles. The molecule has 3 heteroatoms. The van der Waals surface area contributed by atoms with Crippen molar-refractivity contribution in [3.8, 4) is 0 Å². The van der Waals surface area contributed by atoms with E-state index in [9.17, 15) is 9.90 Å². The number of benzene rings is 1. The number of carboxylic acid groups (broad SMARTS) is 1. The molecule has 1 fully saturated rings. The van der Waals surface area contributed by atoms with E-state index in [1.807, 2.05) is 30.9 Å². The molecule has 0 saturated heterocycles. The normalized spacial score (nSPS) is 16.8. The molecule has 0 spiro atoms. The monoisotopic (exact) mass is 247 g/mol. The Morgan fingerprint density at radius 3 is 2.22 bits per heavy atom. The predicted octanol–water partition coefficient (Wildman–Crippen LogP) is 3.03. The third-order valence-corrected chi connectivity index (χ3v) is 3.71. The van der Waals surface area contributed by atoms with Gasteiger partial charge in [-0.1, -0.05) is 38.1 Å². The van der Waals surface area contributed by atoms with Crippen LogP contribution in [0.5, 0.6) is 0 Å². The molecule has 0 aromatic heterocycles. The Labute approximate surface area is 108 Å². The van der Waals surface area contributed by atoms with Gasteiger partial charge >= 0.3 is 5.97 Å². The number of likely N-dealkylation sites (N-methyl/N-ethyl adjacent to an activating group) is 1. The summed E-state index contributed by atoms with van der Waals surface area (Å²) in [6, 6.07) is 7.61. The molecule has 1 saturated carbocycles. The summed E-state index contributed by atoms with van der Waals surface area (Å²) in [4.78, 5) is 13.4. The lowest BCUT2D eigenvalue weighted by Gasteiger charge is -2.26. The highest BCUT2D eigenvalue weighted by Crippen LogP contribution is 2.40. The summed E-state index contributed by atoms with van der Waals surface area (Å²) in [6.07, 6.45) is 2.55. The summed E-state index contributed by atoms with van der Waals surface area (Å²) in [5.41, 5.74) is 2.23. The number of rotatable bonds is 6. The van der Waals surface area contributed by atoms with Gasteiger partial charge in [-0.25, -0.2) is 0 Å². The maximum Gasteiger partial charge on any atom is 0.325 e. The van der Waals surface area contributed by atoms with Gasteiger partial charge in [0.2, 0.25) is 0 Å². The van der Waals surface area contributed by atoms with Crippen molar-refractivity contribution in [1.29, 1.82) is 0 Å². The second-order valence-corrected chi connectivity index (χ2v) is 4.90. The molecule has 1 aliphatic rings. The lowest BCUT2D eigenvalue weighted by molar-refractivity contribution is -0.143. The molecule has 0 heterocycles. The van der Waals surface area contributed by atoms with Crippen molar-refractivity contribution in [3.63, 3.8) is 0 Å². The average Bonchev–Trinajstić information content (AvgIpc) is 3.20. The van der Waals surface area contributed by atoms with Crippen molar-refractivity contribution < 1.29 is 9.90 Å². The Morgan fingerprint density at radius 2 is 1.83 bits per heavy atom. The minimum atomic E-state index is -0.766. The number of hydrogen-bond acceptors (Lipinski definition) is 2. The molecule has 1 aliphatic carbocycles. The Hall–Kier alpha value is -1.35. The fourth-order valence-corrected chi connectivity index (χ4v) is 2.47. The summed E-state index contributed by atoms with van der Waals surface area (Å²) in [7, 11) is 0. The molecule has 18 heavy (non-hydrogen) atoms. The molecule has 3 nitrogen and oxygen atoms in total. The van der Waals surface area contributed by atoms with Crippen LogP contribution < -0.4 is 0 Å². The zero-order valence-electron chi connectivity index (χ0n) is 11.1. The van der Waals surface area contributed by atoms with E-state index >= 15 is 0 Å². The van der Waals surface area contributed by atoms with Gasteiger partial charge in [0.1, 0.15) is 6.04 Å². The fourth-order valence-electron chi connectivity index (χ4n) is 2.47.